The zero-order valence-corrected chi connectivity index (χ0v) is 16.1. The average molecular weight is 403 g/mol. The lowest BCUT2D eigenvalue weighted by Gasteiger charge is -2.23. The maximum atomic E-state index is 11.2. The summed E-state index contributed by atoms with van der Waals surface area (Å²) in [7, 11) is 0. The van der Waals surface area contributed by atoms with Crippen LogP contribution in [-0.4, -0.2) is 35.3 Å². The van der Waals surface area contributed by atoms with Crippen molar-refractivity contribution in [1.29, 1.82) is 0 Å². The number of rotatable bonds is 3. The number of thiazole rings is 1. The van der Waals surface area contributed by atoms with Crippen molar-refractivity contribution in [3.05, 3.63) is 23.3 Å². The molecule has 0 aliphatic heterocycles. The number of nitrogens with zero attached hydrogens (tertiary/aromatic N) is 2. The van der Waals surface area contributed by atoms with Gasteiger partial charge >= 0.3 is 6.18 Å². The van der Waals surface area contributed by atoms with Gasteiger partial charge in [-0.25, -0.2) is 4.98 Å². The van der Waals surface area contributed by atoms with Gasteiger partial charge in [0.05, 0.1) is 22.8 Å². The number of carbonyl (C=O) groups excluding carboxylic acids is 1. The third kappa shape index (κ3) is 6.11. The van der Waals surface area contributed by atoms with Crippen LogP contribution in [0.2, 0.25) is 0 Å². The highest BCUT2D eigenvalue weighted by atomic mass is 32.1. The zero-order valence-electron chi connectivity index (χ0n) is 14.4. The van der Waals surface area contributed by atoms with Crippen LogP contribution >= 0.6 is 24.0 Å². The van der Waals surface area contributed by atoms with Gasteiger partial charge in [-0.15, -0.1) is 6.42 Å². The van der Waals surface area contributed by atoms with Gasteiger partial charge < -0.3 is 10.6 Å². The fourth-order valence-corrected chi connectivity index (χ4v) is 3.47. The second-order valence-corrected chi connectivity index (χ2v) is 6.45. The van der Waals surface area contributed by atoms with E-state index in [1.807, 2.05) is 6.07 Å². The van der Waals surface area contributed by atoms with E-state index in [1.54, 1.807) is 11.2 Å². The number of amides is 1. The second kappa shape index (κ2) is 9.69. The molecule has 3 rings (SSSR count). The number of alkyl halides is 3. The Hall–Kier alpha value is -1.92. The lowest BCUT2D eigenvalue weighted by molar-refractivity contribution is -0.119. The highest BCUT2D eigenvalue weighted by Gasteiger charge is 2.27. The van der Waals surface area contributed by atoms with E-state index in [4.69, 9.17) is 12.2 Å². The Labute approximate surface area is 160 Å². The summed E-state index contributed by atoms with van der Waals surface area (Å²) >= 11 is 5.02. The quantitative estimate of drug-likeness (QED) is 0.461. The molecule has 1 aromatic carbocycles. The monoisotopic (exact) mass is 403 g/mol. The fraction of sp³-hybridized carbons (Fsp3) is 0.412. The predicted molar refractivity (Wildman–Crippen MR) is 103 cm³/mol. The number of benzene rings is 1. The normalized spacial score (nSPS) is 15.0. The largest absolute Gasteiger partial charge is 0.386 e. The Morgan fingerprint density at radius 2 is 2.12 bits per heavy atom. The molecule has 1 amide bonds. The third-order valence-electron chi connectivity index (χ3n) is 3.52. The van der Waals surface area contributed by atoms with Gasteiger partial charge in [-0.1, -0.05) is 17.3 Å². The first-order valence-electron chi connectivity index (χ1n) is 7.57. The van der Waals surface area contributed by atoms with E-state index in [0.29, 0.717) is 11.7 Å². The van der Waals surface area contributed by atoms with Crippen LogP contribution in [0, 0.1) is 12.3 Å². The molecule has 1 atom stereocenters. The Kier molecular flexibility index (Phi) is 8.24. The van der Waals surface area contributed by atoms with E-state index in [0.717, 1.165) is 35.0 Å². The summed E-state index contributed by atoms with van der Waals surface area (Å²) in [6.45, 7) is 0.526. The molecule has 2 aromatic rings. The van der Waals surface area contributed by atoms with Gasteiger partial charge in [0.25, 0.3) is 0 Å². The van der Waals surface area contributed by atoms with Crippen molar-refractivity contribution < 1.29 is 18.0 Å². The minimum Gasteiger partial charge on any atom is -0.375 e. The van der Waals surface area contributed by atoms with E-state index in [9.17, 15) is 18.0 Å². The number of fused-ring (bicyclic) bond motifs is 2. The van der Waals surface area contributed by atoms with Crippen molar-refractivity contribution in [2.24, 2.45) is 0 Å². The van der Waals surface area contributed by atoms with Crippen molar-refractivity contribution in [3.8, 4) is 12.3 Å². The van der Waals surface area contributed by atoms with Gasteiger partial charge in [0.1, 0.15) is 0 Å². The summed E-state index contributed by atoms with van der Waals surface area (Å²) in [5, 5.41) is 0.575. The molecule has 142 valence electrons. The van der Waals surface area contributed by atoms with Crippen molar-refractivity contribution in [3.63, 3.8) is 0 Å². The molecule has 26 heavy (non-hydrogen) atoms. The number of thiol groups is 1. The maximum absolute atomic E-state index is 11.2. The summed E-state index contributed by atoms with van der Waals surface area (Å²) in [5.41, 5.74) is 9.06. The number of carbonyl (C=O) groups is 1. The SMILES string of the molecule is C#CCN(C=O)C1CCc2cc3sc(N)nc3cc21.CC(F)(F)F.CS. The van der Waals surface area contributed by atoms with E-state index >= 15 is 0 Å². The van der Waals surface area contributed by atoms with Crippen LogP contribution in [0.15, 0.2) is 12.1 Å². The number of nitrogens with two attached hydrogens (primary N) is 1. The molecule has 1 aromatic heterocycles. The van der Waals surface area contributed by atoms with Gasteiger partial charge in [0, 0.05) is 6.92 Å². The highest BCUT2D eigenvalue weighted by Crippen LogP contribution is 2.38. The molecule has 1 aliphatic carbocycles. The minimum absolute atomic E-state index is 0.0656. The lowest BCUT2D eigenvalue weighted by atomic mass is 10.1. The Morgan fingerprint density at radius 3 is 2.65 bits per heavy atom. The molecular weight excluding hydrogens is 383 g/mol. The first-order chi connectivity index (χ1) is 12.2. The molecule has 0 fully saturated rings. The standard InChI is InChI=1S/C14H13N3OS.C2H3F3.CH4S/c1-2-5-17(8-18)12-4-3-9-6-13-11(7-10(9)12)16-14(15)19-13;1-2(3,4)5;1-2/h1,6-8,12H,3-5H2,(H2,15,16);1H3;2H,1H3. The second-order valence-electron chi connectivity index (χ2n) is 5.39. The van der Waals surface area contributed by atoms with Crippen molar-refractivity contribution in [2.75, 3.05) is 18.5 Å². The van der Waals surface area contributed by atoms with E-state index in [1.165, 1.54) is 16.9 Å². The summed E-state index contributed by atoms with van der Waals surface area (Å²) < 4.78 is 32.2. The number of nitrogen functional groups attached to an aromatic ring is 1. The topological polar surface area (TPSA) is 59.2 Å². The molecule has 0 saturated heterocycles. The van der Waals surface area contributed by atoms with Crippen LogP contribution in [0.1, 0.15) is 30.5 Å². The molecule has 2 N–H and O–H groups in total. The van der Waals surface area contributed by atoms with Crippen LogP contribution in [0.5, 0.6) is 0 Å². The molecule has 1 unspecified atom stereocenters. The summed E-state index contributed by atoms with van der Waals surface area (Å²) in [6.07, 6.45) is 5.72. The first kappa shape index (κ1) is 22.1. The van der Waals surface area contributed by atoms with Crippen molar-refractivity contribution in [2.45, 2.75) is 32.0 Å². The van der Waals surface area contributed by atoms with Gasteiger partial charge in [0.15, 0.2) is 5.13 Å². The van der Waals surface area contributed by atoms with Crippen molar-refractivity contribution in [1.82, 2.24) is 9.88 Å². The van der Waals surface area contributed by atoms with E-state index in [2.05, 4.69) is 29.6 Å². The van der Waals surface area contributed by atoms with Gasteiger partial charge in [-0.2, -0.15) is 25.8 Å². The number of halogens is 3. The number of terminal acetylenes is 1. The van der Waals surface area contributed by atoms with Crippen LogP contribution in [0.25, 0.3) is 10.2 Å². The number of aromatic nitrogens is 1. The van der Waals surface area contributed by atoms with Crippen LogP contribution in [0.3, 0.4) is 0 Å². The Morgan fingerprint density at radius 1 is 1.50 bits per heavy atom. The van der Waals surface area contributed by atoms with E-state index < -0.39 is 6.18 Å². The molecule has 0 radical (unpaired) electrons. The molecule has 1 heterocycles. The summed E-state index contributed by atoms with van der Waals surface area (Å²) in [4.78, 5) is 17.1. The van der Waals surface area contributed by atoms with Gasteiger partial charge in [0.2, 0.25) is 6.41 Å². The molecule has 4 nitrogen and oxygen atoms in total. The zero-order chi connectivity index (χ0) is 19.9. The van der Waals surface area contributed by atoms with Gasteiger partial charge in [-0.05, 0) is 42.4 Å². The number of aryl methyl sites for hydroxylation is 1. The lowest BCUT2D eigenvalue weighted by Crippen LogP contribution is -2.26. The number of hydrogen-bond donors (Lipinski definition) is 2. The average Bonchev–Trinajstić information content (AvgIpc) is 3.12. The molecule has 9 heteroatoms. The highest BCUT2D eigenvalue weighted by molar-refractivity contribution is 7.79. The summed E-state index contributed by atoms with van der Waals surface area (Å²) in [5.74, 6) is 2.53. The summed E-state index contributed by atoms with van der Waals surface area (Å²) in [6, 6.07) is 4.25. The van der Waals surface area contributed by atoms with E-state index in [-0.39, 0.29) is 13.0 Å². The van der Waals surface area contributed by atoms with Crippen LogP contribution in [0.4, 0.5) is 18.3 Å². The Bertz CT molecular complexity index is 778. The Balaban J connectivity index is 0.000000420. The molecule has 0 spiro atoms. The smallest absolute Gasteiger partial charge is 0.375 e. The fourth-order valence-electron chi connectivity index (χ4n) is 2.70. The predicted octanol–water partition coefficient (Wildman–Crippen LogP) is 4.07. The van der Waals surface area contributed by atoms with Crippen LogP contribution < -0.4 is 5.73 Å². The molecule has 0 saturated carbocycles. The van der Waals surface area contributed by atoms with Gasteiger partial charge in [-0.3, -0.25) is 4.79 Å². The molecule has 1 aliphatic rings. The first-order valence-corrected chi connectivity index (χ1v) is 9.28. The minimum atomic E-state index is -4.00. The number of anilines is 1. The molecule has 0 bridgehead atoms. The number of hydrogen-bond acceptors (Lipinski definition) is 5. The van der Waals surface area contributed by atoms with Crippen LogP contribution in [-0.2, 0) is 11.2 Å². The molecular formula is C17H20F3N3OS2. The van der Waals surface area contributed by atoms with Crippen molar-refractivity contribution >= 4 is 45.7 Å². The third-order valence-corrected chi connectivity index (χ3v) is 4.37. The maximum Gasteiger partial charge on any atom is 0.386 e.